The minimum absolute atomic E-state index is 0.00866. The molecule has 0 radical (unpaired) electrons. The fourth-order valence-electron chi connectivity index (χ4n) is 3.93. The minimum Gasteiger partial charge on any atom is -0.485 e. The van der Waals surface area contributed by atoms with Crippen molar-refractivity contribution in [2.45, 2.75) is 12.0 Å². The highest BCUT2D eigenvalue weighted by Crippen LogP contribution is 2.44. The van der Waals surface area contributed by atoms with Gasteiger partial charge in [0.1, 0.15) is 17.7 Å². The zero-order valence-electron chi connectivity index (χ0n) is 15.2. The van der Waals surface area contributed by atoms with E-state index in [1.165, 1.54) is 0 Å². The van der Waals surface area contributed by atoms with Crippen LogP contribution in [0.4, 0.5) is 0 Å². The molecule has 136 valence electrons. The van der Waals surface area contributed by atoms with E-state index >= 15 is 0 Å². The predicted molar refractivity (Wildman–Crippen MR) is 113 cm³/mol. The predicted octanol–water partition coefficient (Wildman–Crippen LogP) is 4.56. The number of aliphatic imine (C=N–C) groups is 1. The Balaban J connectivity index is 1.48. The summed E-state index contributed by atoms with van der Waals surface area (Å²) in [5, 5.41) is 10.7. The van der Waals surface area contributed by atoms with Crippen molar-refractivity contribution < 1.29 is 4.74 Å². The second-order valence-electron chi connectivity index (χ2n) is 7.01. The van der Waals surface area contributed by atoms with Crippen LogP contribution in [0.3, 0.4) is 0 Å². The molecule has 28 heavy (non-hydrogen) atoms. The Hall–Kier alpha value is -3.66. The van der Waals surface area contributed by atoms with Gasteiger partial charge in [0.15, 0.2) is 5.84 Å². The van der Waals surface area contributed by atoms with E-state index in [4.69, 9.17) is 15.9 Å². The molecule has 4 heteroatoms. The molecule has 1 aliphatic carbocycles. The van der Waals surface area contributed by atoms with Gasteiger partial charge in [-0.05, 0) is 29.0 Å². The molecule has 4 nitrogen and oxygen atoms in total. The van der Waals surface area contributed by atoms with Crippen molar-refractivity contribution in [2.75, 3.05) is 0 Å². The van der Waals surface area contributed by atoms with Gasteiger partial charge in [-0.25, -0.2) is 4.99 Å². The van der Waals surface area contributed by atoms with E-state index in [2.05, 4.69) is 17.1 Å². The van der Waals surface area contributed by atoms with Gasteiger partial charge in [0.05, 0.1) is 5.92 Å². The smallest absolute Gasteiger partial charge is 0.154 e. The molecule has 5 rings (SSSR count). The fourth-order valence-corrected chi connectivity index (χ4v) is 3.93. The standard InChI is InChI=1S/C24H19N3O/c25-23(17-13-12-15-6-1-2-7-16(15)14-17)27-24(26)19-9-5-11-21-22(19)18-8-3-4-10-20(18)28-21/h1-14,21-22H,(H3,25,26,27). The lowest BCUT2D eigenvalue weighted by Crippen LogP contribution is -2.28. The molecule has 0 saturated heterocycles. The Morgan fingerprint density at radius 3 is 2.64 bits per heavy atom. The third-order valence-electron chi connectivity index (χ3n) is 5.31. The number of nitrogens with zero attached hydrogens (tertiary/aromatic N) is 1. The first kappa shape index (κ1) is 16.5. The van der Waals surface area contributed by atoms with Crippen LogP contribution in [0.25, 0.3) is 10.8 Å². The van der Waals surface area contributed by atoms with Gasteiger partial charge in [0, 0.05) is 16.7 Å². The summed E-state index contributed by atoms with van der Waals surface area (Å²) in [7, 11) is 0. The van der Waals surface area contributed by atoms with Crippen molar-refractivity contribution in [3.05, 3.63) is 102 Å². The lowest BCUT2D eigenvalue weighted by Gasteiger charge is -2.22. The molecule has 0 spiro atoms. The highest BCUT2D eigenvalue weighted by Gasteiger charge is 2.37. The second-order valence-corrected chi connectivity index (χ2v) is 7.01. The van der Waals surface area contributed by atoms with Gasteiger partial charge in [-0.3, -0.25) is 5.41 Å². The van der Waals surface area contributed by atoms with E-state index in [1.54, 1.807) is 0 Å². The Morgan fingerprint density at radius 1 is 0.964 bits per heavy atom. The van der Waals surface area contributed by atoms with Crippen molar-refractivity contribution in [3.63, 3.8) is 0 Å². The van der Waals surface area contributed by atoms with E-state index in [0.717, 1.165) is 33.2 Å². The van der Waals surface area contributed by atoms with E-state index < -0.39 is 0 Å². The van der Waals surface area contributed by atoms with Crippen LogP contribution < -0.4 is 10.5 Å². The van der Waals surface area contributed by atoms with Crippen LogP contribution in [-0.2, 0) is 0 Å². The van der Waals surface area contributed by atoms with Gasteiger partial charge < -0.3 is 10.5 Å². The Bertz CT molecular complexity index is 1190. The van der Waals surface area contributed by atoms with Gasteiger partial charge in [0.25, 0.3) is 0 Å². The first-order valence-corrected chi connectivity index (χ1v) is 9.27. The lowest BCUT2D eigenvalue weighted by atomic mass is 9.84. The molecule has 0 saturated carbocycles. The molecule has 3 aromatic carbocycles. The summed E-state index contributed by atoms with van der Waals surface area (Å²) < 4.78 is 6.04. The number of amidine groups is 2. The van der Waals surface area contributed by atoms with Crippen LogP contribution in [0.5, 0.6) is 5.75 Å². The topological polar surface area (TPSA) is 71.5 Å². The summed E-state index contributed by atoms with van der Waals surface area (Å²) in [6, 6.07) is 22.0. The molecule has 0 aromatic heterocycles. The molecule has 0 fully saturated rings. The number of nitrogens with two attached hydrogens (primary N) is 1. The molecule has 1 heterocycles. The zero-order chi connectivity index (χ0) is 19.1. The second kappa shape index (κ2) is 6.50. The summed E-state index contributed by atoms with van der Waals surface area (Å²) >= 11 is 0. The molecule has 3 N–H and O–H groups in total. The fraction of sp³-hybridized carbons (Fsp3) is 0.0833. The van der Waals surface area contributed by atoms with Crippen molar-refractivity contribution in [1.82, 2.24) is 0 Å². The van der Waals surface area contributed by atoms with Crippen molar-refractivity contribution in [1.29, 1.82) is 5.41 Å². The molecule has 0 amide bonds. The number of benzene rings is 3. The summed E-state index contributed by atoms with van der Waals surface area (Å²) in [4.78, 5) is 4.43. The number of hydrogen-bond acceptors (Lipinski definition) is 2. The molecule has 1 aliphatic heterocycles. The van der Waals surface area contributed by atoms with E-state index in [-0.39, 0.29) is 17.9 Å². The Labute approximate surface area is 163 Å². The van der Waals surface area contributed by atoms with Gasteiger partial charge in [0.2, 0.25) is 0 Å². The molecule has 2 atom stereocenters. The monoisotopic (exact) mass is 365 g/mol. The number of para-hydroxylation sites is 1. The van der Waals surface area contributed by atoms with Crippen LogP contribution >= 0.6 is 0 Å². The van der Waals surface area contributed by atoms with Crippen molar-refractivity contribution in [3.8, 4) is 5.75 Å². The van der Waals surface area contributed by atoms with Gasteiger partial charge >= 0.3 is 0 Å². The zero-order valence-corrected chi connectivity index (χ0v) is 15.2. The highest BCUT2D eigenvalue weighted by atomic mass is 16.5. The minimum atomic E-state index is -0.0824. The first-order chi connectivity index (χ1) is 13.7. The van der Waals surface area contributed by atoms with Crippen molar-refractivity contribution >= 4 is 22.4 Å². The first-order valence-electron chi connectivity index (χ1n) is 9.27. The maximum atomic E-state index is 8.44. The number of ether oxygens (including phenoxy) is 1. The van der Waals surface area contributed by atoms with Crippen LogP contribution in [0.15, 0.2) is 95.5 Å². The number of nitrogens with one attached hydrogen (secondary N) is 1. The van der Waals surface area contributed by atoms with Crippen molar-refractivity contribution in [2.24, 2.45) is 10.7 Å². The van der Waals surface area contributed by atoms with Crippen LogP contribution in [0.2, 0.25) is 0 Å². The number of allylic oxidation sites excluding steroid dienone is 2. The average molecular weight is 365 g/mol. The Kier molecular flexibility index (Phi) is 3.83. The largest absolute Gasteiger partial charge is 0.485 e. The summed E-state index contributed by atoms with van der Waals surface area (Å²) in [5.41, 5.74) is 9.11. The van der Waals surface area contributed by atoms with Crippen LogP contribution in [0.1, 0.15) is 17.0 Å². The van der Waals surface area contributed by atoms with E-state index in [0.29, 0.717) is 5.84 Å². The molecule has 0 bridgehead atoms. The average Bonchev–Trinajstić information content (AvgIpc) is 3.12. The highest BCUT2D eigenvalue weighted by molar-refractivity contribution is 6.11. The maximum absolute atomic E-state index is 8.44. The maximum Gasteiger partial charge on any atom is 0.154 e. The van der Waals surface area contributed by atoms with Gasteiger partial charge in [-0.1, -0.05) is 66.7 Å². The third-order valence-corrected chi connectivity index (χ3v) is 5.31. The number of rotatable bonds is 2. The number of fused-ring (bicyclic) bond motifs is 4. The van der Waals surface area contributed by atoms with Gasteiger partial charge in [-0.2, -0.15) is 0 Å². The van der Waals surface area contributed by atoms with E-state index in [9.17, 15) is 0 Å². The summed E-state index contributed by atoms with van der Waals surface area (Å²) in [5.74, 6) is 1.40. The third kappa shape index (κ3) is 2.70. The molecule has 2 aliphatic rings. The Morgan fingerprint density at radius 2 is 1.75 bits per heavy atom. The quantitative estimate of drug-likeness (QED) is 0.516. The molecule has 2 unspecified atom stereocenters. The van der Waals surface area contributed by atoms with Crippen LogP contribution in [-0.4, -0.2) is 17.8 Å². The molecular weight excluding hydrogens is 346 g/mol. The van der Waals surface area contributed by atoms with Gasteiger partial charge in [-0.15, -0.1) is 0 Å². The number of hydrogen-bond donors (Lipinski definition) is 2. The normalized spacial score (nSPS) is 20.3. The van der Waals surface area contributed by atoms with E-state index in [1.807, 2.05) is 72.8 Å². The summed E-state index contributed by atoms with van der Waals surface area (Å²) in [6.45, 7) is 0. The summed E-state index contributed by atoms with van der Waals surface area (Å²) in [6.07, 6.45) is 5.88. The molecule has 3 aromatic rings. The molecular formula is C24H19N3O. The SMILES string of the molecule is N=C(/N=C(\N)C1=CC=CC2Oc3ccccc3C12)c1ccc2ccccc2c1. The lowest BCUT2D eigenvalue weighted by molar-refractivity contribution is 0.267. The van der Waals surface area contributed by atoms with Crippen LogP contribution in [0, 0.1) is 5.41 Å².